The van der Waals surface area contributed by atoms with Gasteiger partial charge in [-0.05, 0) is 221 Å². The van der Waals surface area contributed by atoms with Crippen molar-refractivity contribution in [2.45, 2.75) is 225 Å². The molecule has 114 heavy (non-hydrogen) atoms. The van der Waals surface area contributed by atoms with Gasteiger partial charge in [0.15, 0.2) is 16.6 Å². The Bertz CT molecular complexity index is 3990. The summed E-state index contributed by atoms with van der Waals surface area (Å²) in [4.78, 5) is 47.5. The molecule has 0 saturated carbocycles. The van der Waals surface area contributed by atoms with Gasteiger partial charge in [-0.1, -0.05) is 190 Å². The molecule has 1 unspecified atom stereocenters. The van der Waals surface area contributed by atoms with E-state index in [1.807, 2.05) is 103 Å². The van der Waals surface area contributed by atoms with Gasteiger partial charge in [0, 0.05) is 47.6 Å². The van der Waals surface area contributed by atoms with Crippen molar-refractivity contribution in [1.82, 2.24) is 19.9 Å². The zero-order valence-corrected chi connectivity index (χ0v) is 81.2. The van der Waals surface area contributed by atoms with Crippen LogP contribution in [0.1, 0.15) is 250 Å². The Labute approximate surface area is 737 Å². The van der Waals surface area contributed by atoms with Gasteiger partial charge in [0.05, 0.1) is 71.0 Å². The summed E-state index contributed by atoms with van der Waals surface area (Å²) in [6, 6.07) is 20.5. The number of nitrogens with two attached hydrogens (primary N) is 1. The van der Waals surface area contributed by atoms with Crippen molar-refractivity contribution in [3.8, 4) is 40.2 Å². The van der Waals surface area contributed by atoms with Crippen LogP contribution < -0.4 is 57.8 Å². The third-order valence-corrected chi connectivity index (χ3v) is 20.7. The van der Waals surface area contributed by atoms with Crippen LogP contribution >= 0.6 is 81.7 Å². The number of aliphatic hydroxyl groups excluding tert-OH is 1. The van der Waals surface area contributed by atoms with E-state index in [4.69, 9.17) is 72.1 Å². The Morgan fingerprint density at radius 3 is 1.04 bits per heavy atom. The van der Waals surface area contributed by atoms with Gasteiger partial charge in [0.2, 0.25) is 0 Å². The number of methoxy groups -OCH3 is 7. The van der Waals surface area contributed by atoms with Gasteiger partial charge in [-0.25, -0.2) is 19.9 Å². The first kappa shape index (κ1) is 113. The number of rotatable bonds is 26. The van der Waals surface area contributed by atoms with Crippen LogP contribution in [0.15, 0.2) is 93.4 Å². The van der Waals surface area contributed by atoms with E-state index in [-0.39, 0.29) is 42.3 Å². The predicted molar refractivity (Wildman–Crippen MR) is 492 cm³/mol. The molecule has 0 aliphatic rings. The molecule has 0 aliphatic carbocycles. The molecule has 0 fully saturated rings. The van der Waals surface area contributed by atoms with Gasteiger partial charge in [0.1, 0.15) is 62.9 Å². The van der Waals surface area contributed by atoms with Crippen LogP contribution in [0.4, 0.5) is 0 Å². The van der Waals surface area contributed by atoms with E-state index < -0.39 is 6.10 Å². The number of benzene rings is 5. The second-order valence-electron chi connectivity index (χ2n) is 29.8. The van der Waals surface area contributed by atoms with Crippen LogP contribution in [0.25, 0.3) is 0 Å². The number of aliphatic imine (C=N–C) groups is 2. The normalized spacial score (nSPS) is 11.1. The number of aliphatic hydroxyl groups is 1. The van der Waals surface area contributed by atoms with Crippen LogP contribution in [0.5, 0.6) is 40.2 Å². The molecular weight excluding hydrogens is 1640 g/mol. The molecule has 0 saturated heterocycles. The zero-order valence-electron chi connectivity index (χ0n) is 75.1. The summed E-state index contributed by atoms with van der Waals surface area (Å²) in [6.45, 7) is 53.1. The summed E-state index contributed by atoms with van der Waals surface area (Å²) in [5.41, 5.74) is 19.2. The van der Waals surface area contributed by atoms with Crippen LogP contribution in [0.2, 0.25) is 10.3 Å². The van der Waals surface area contributed by atoms with Crippen LogP contribution in [0, 0.1) is 80.1 Å². The monoisotopic (exact) mass is 1780 g/mol. The molecule has 24 heteroatoms. The van der Waals surface area contributed by atoms with Crippen molar-refractivity contribution in [2.24, 2.45) is 51.2 Å². The molecule has 0 amide bonds. The predicted octanol–water partition coefficient (Wildman–Crippen LogP) is 21.2. The molecule has 17 nitrogen and oxygen atoms in total. The Hall–Kier alpha value is -5.64. The maximum Gasteiger partial charge on any atom is 1.00 e. The largest absolute Gasteiger partial charge is 1.00 e. The van der Waals surface area contributed by atoms with E-state index in [1.165, 1.54) is 47.3 Å². The molecule has 1 atom stereocenters. The van der Waals surface area contributed by atoms with Crippen molar-refractivity contribution >= 4 is 107 Å². The minimum Gasteiger partial charge on any atom is -0.496 e. The molecule has 2 heterocycles. The molecule has 7 rings (SSSR count). The second kappa shape index (κ2) is 59.1. The summed E-state index contributed by atoms with van der Waals surface area (Å²) in [5, 5.41) is 12.9. The Kier molecular flexibility index (Phi) is 58.3. The Morgan fingerprint density at radius 2 is 0.728 bits per heavy atom. The molecule has 0 aliphatic heterocycles. The SMILES string of the molecule is CC(C)C(N)C(C)C.COc1cc(C(O)c2cnc(SC)nc2Cl)c(C(C)C)cc1C.COc1cc(C=NC(C(C)C)C(C)C)c(C(C)C)cc1C.COc1cc(C=NC(C(C)C)C(C)C)c(OC)cc1C.COc1cc(C=O)c(C(C)C)cc1C.COc1cc(C=O)c(OC)cc1C.CSc1ncc(I)c(Cl)n1.C[CH-]C.Cl.[Li+]. The van der Waals surface area contributed by atoms with Gasteiger partial charge < -0.3 is 50.4 Å². The summed E-state index contributed by atoms with van der Waals surface area (Å²) in [7, 11) is 11.4. The van der Waals surface area contributed by atoms with Crippen LogP contribution in [-0.2, 0) is 0 Å². The molecular formula is C90H136Cl3ILiN7O10S2. The average molecular weight is 1780 g/mol. The van der Waals surface area contributed by atoms with Gasteiger partial charge in [-0.15, -0.1) is 12.4 Å². The number of aldehydes is 2. The van der Waals surface area contributed by atoms with Crippen molar-refractivity contribution in [3.05, 3.63) is 171 Å². The minimum absolute atomic E-state index is 0. The van der Waals surface area contributed by atoms with E-state index in [1.54, 1.807) is 73.3 Å². The first-order chi connectivity index (χ1) is 52.6. The maximum absolute atomic E-state index is 10.9. The summed E-state index contributed by atoms with van der Waals surface area (Å²) in [6.07, 6.45) is 13.8. The summed E-state index contributed by atoms with van der Waals surface area (Å²) in [5.74, 6) is 9.89. The summed E-state index contributed by atoms with van der Waals surface area (Å²) < 4.78 is 37.8. The van der Waals surface area contributed by atoms with E-state index >= 15 is 0 Å². The zero-order chi connectivity index (χ0) is 86.1. The molecule has 0 bridgehead atoms. The fraction of sp³-hybridized carbons (Fsp3) is 0.522. The van der Waals surface area contributed by atoms with Crippen molar-refractivity contribution in [3.63, 3.8) is 0 Å². The molecule has 2 aromatic heterocycles. The molecule has 0 radical (unpaired) electrons. The number of aromatic nitrogens is 4. The summed E-state index contributed by atoms with van der Waals surface area (Å²) >= 11 is 16.9. The van der Waals surface area contributed by atoms with Crippen molar-refractivity contribution in [2.75, 3.05) is 62.3 Å². The number of nitrogens with zero attached hydrogens (tertiary/aromatic N) is 6. The number of hydrogen-bond acceptors (Lipinski definition) is 19. The third-order valence-electron chi connectivity index (χ3n) is 17.8. The number of thioether (sulfide) groups is 2. The fourth-order valence-corrected chi connectivity index (χ4v) is 13.1. The number of hydrogen-bond donors (Lipinski definition) is 2. The van der Waals surface area contributed by atoms with E-state index in [0.717, 1.165) is 95.0 Å². The quantitative estimate of drug-likeness (QED) is 0.00752. The molecule has 632 valence electrons. The topological polar surface area (TPSA) is 221 Å². The second-order valence-corrected chi connectivity index (χ2v) is 33.3. The van der Waals surface area contributed by atoms with Gasteiger partial charge in [0.25, 0.3) is 0 Å². The number of halogens is 4. The van der Waals surface area contributed by atoms with Gasteiger partial charge >= 0.3 is 18.9 Å². The van der Waals surface area contributed by atoms with E-state index in [9.17, 15) is 14.7 Å². The molecule has 5 aromatic carbocycles. The van der Waals surface area contributed by atoms with Crippen LogP contribution in [-0.4, -0.2) is 130 Å². The Balaban J connectivity index is -0.00000128. The number of carbonyl (C=O) groups excluding carboxylic acids is 2. The molecule has 3 N–H and O–H groups in total. The minimum atomic E-state index is -0.898. The Morgan fingerprint density at radius 1 is 0.430 bits per heavy atom. The fourth-order valence-electron chi connectivity index (χ4n) is 11.7. The number of ether oxygens (including phenoxy) is 7. The van der Waals surface area contributed by atoms with Crippen molar-refractivity contribution < 1.29 is 66.7 Å². The number of aryl methyl sites for hydroxylation is 5. The van der Waals surface area contributed by atoms with E-state index in [2.05, 4.69) is 186 Å². The average Bonchev–Trinajstić information content (AvgIpc) is 0.785. The van der Waals surface area contributed by atoms with Gasteiger partial charge in [-0.2, -0.15) is 13.8 Å². The molecule has 7 aromatic rings. The maximum atomic E-state index is 10.9. The number of carbonyl (C=O) groups is 2. The van der Waals surface area contributed by atoms with E-state index in [0.29, 0.717) is 104 Å². The van der Waals surface area contributed by atoms with Crippen LogP contribution in [0.3, 0.4) is 0 Å². The van der Waals surface area contributed by atoms with Gasteiger partial charge in [-0.3, -0.25) is 19.6 Å². The molecule has 0 spiro atoms. The first-order valence-electron chi connectivity index (χ1n) is 38.0. The standard InChI is InChI=1S/C19H31NO.C17H21ClN2O2S.C17H27NO2.C12H16O2.C10H12O3.C7H17N.C5H4ClIN2S.C3H7.ClH.Li/c1-12(2)17-9-15(7)18(21-8)10-16(17)11-20-19(13(3)4)14(5)6;1-9(2)11-6-10(3)14(22-4)7-12(11)15(21)13-8-19-17(23-5)20-16(13)18;1-11(2)17(12(3)4)18-10-14-9-15(19-6)13(5)8-16(14)20-7;1-8(2)11-5-9(3)12(14-4)6-10(11)7-13;1-7-4-10(13-3)8(6-11)5-9(7)12-2;1-5(2)7(8)6(3)4;1-10-5-8-2-3(7)4(6)9-5;1-3-2;;/h9-14,19H,1-8H3;6-9,15,21H,1-5H3;8-12,17H,1-7H3;5-8H,1-4H3;4-6H,1-3H3;5-7H,8H2,1-4H3;2H,1H3;3H,1-2H3;1H;/q;;;;;;;-1;;+1. The third kappa shape index (κ3) is 38.0. The first-order valence-corrected chi connectivity index (χ1v) is 42.3. The smallest absolute Gasteiger partial charge is 0.496 e. The van der Waals surface area contributed by atoms with Crippen molar-refractivity contribution in [1.29, 1.82) is 0 Å².